The van der Waals surface area contributed by atoms with E-state index in [1.54, 1.807) is 17.7 Å². The molecule has 6 rings (SSSR count). The second-order valence-electron chi connectivity index (χ2n) is 24.3. The number of carbonyl (C=O) groups is 9. The highest BCUT2D eigenvalue weighted by Gasteiger charge is 2.54. The maximum atomic E-state index is 15.2. The van der Waals surface area contributed by atoms with Crippen molar-refractivity contribution in [3.63, 3.8) is 0 Å². The van der Waals surface area contributed by atoms with Crippen LogP contribution in [0, 0.1) is 12.8 Å². The molecule has 27 N–H and O–H groups in total. The smallest absolute Gasteiger partial charge is 0.404 e. The fourth-order valence-corrected chi connectivity index (χ4v) is 12.1. The SMILES string of the molecule is CCC(=O)NCCCCNCCCNC(=O)c1csc(-c2csc(CCNC(=O)[C@@H](NC(=O)[C@@H](C)[C@H](O)[C@@H](C)NC(=O)[C@@H](NC(=O)c3nc([C@H](CC(N)=O)NC[C@H](N)C(N)=O)nc(N)c3C)[C@@H](O[C@@H]3O[C@@H](CO)[C@@H](O)[C@H](O)[C@@H]3O[C@H]3O[C@H](CO)[C@@H](O)[C@H](OC(N)=O)[C@@H]3O)c3cnc[nH]3)[C@@H](C)O)n2)n1. The van der Waals surface area contributed by atoms with Gasteiger partial charge in [-0.1, -0.05) is 13.8 Å². The number of rotatable bonds is 41. The number of aliphatic hydroxyl groups excluding tert-OH is 8. The van der Waals surface area contributed by atoms with E-state index in [1.807, 2.05) is 0 Å². The molecule has 2 aliphatic rings. The summed E-state index contributed by atoms with van der Waals surface area (Å²) >= 11 is 2.48. The molecule has 4 aromatic rings. The van der Waals surface area contributed by atoms with Crippen molar-refractivity contribution in [2.45, 2.75) is 183 Å². The Hall–Kier alpha value is -8.22. The minimum Gasteiger partial charge on any atom is -0.441 e. The van der Waals surface area contributed by atoms with E-state index in [0.29, 0.717) is 48.2 Å². The lowest BCUT2D eigenvalue weighted by molar-refractivity contribution is -0.372. The van der Waals surface area contributed by atoms with Gasteiger partial charge in [0.05, 0.1) is 72.7 Å². The predicted molar refractivity (Wildman–Crippen MR) is 360 cm³/mol. The molecule has 6 heterocycles. The van der Waals surface area contributed by atoms with Crippen molar-refractivity contribution < 1.29 is 108 Å². The third-order valence-corrected chi connectivity index (χ3v) is 18.3. The number of thiazole rings is 2. The molecule has 0 radical (unpaired) electrons. The molecule has 2 aliphatic heterocycles. The summed E-state index contributed by atoms with van der Waals surface area (Å²) < 4.78 is 28.8. The van der Waals surface area contributed by atoms with Gasteiger partial charge in [-0.25, -0.2) is 29.7 Å². The van der Waals surface area contributed by atoms with Crippen LogP contribution in [0.1, 0.15) is 115 Å². The maximum absolute atomic E-state index is 15.2. The molecule has 0 unspecified atom stereocenters. The fourth-order valence-electron chi connectivity index (χ4n) is 10.5. The Kier molecular flexibility index (Phi) is 32.6. The number of nitrogens with one attached hydrogen (secondary N) is 9. The normalized spacial score (nSPS) is 23.0. The first-order valence-corrected chi connectivity index (χ1v) is 34.6. The maximum Gasteiger partial charge on any atom is 0.404 e. The van der Waals surface area contributed by atoms with Gasteiger partial charge in [-0.05, 0) is 53.1 Å². The minimum atomic E-state index is -2.20. The molecule has 2 fully saturated rings. The number of amides is 9. The van der Waals surface area contributed by atoms with Crippen molar-refractivity contribution in [3.8, 4) is 10.7 Å². The zero-order chi connectivity index (χ0) is 75.9. The number of hydrogen-bond acceptors (Lipinski definition) is 33. The molecular formula is C60H93N19O22S2. The summed E-state index contributed by atoms with van der Waals surface area (Å²) in [5.74, 6) is -8.78. The molecule has 103 heavy (non-hydrogen) atoms. The van der Waals surface area contributed by atoms with Crippen LogP contribution in [0.25, 0.3) is 10.7 Å². The summed E-state index contributed by atoms with van der Waals surface area (Å²) in [4.78, 5) is 142. The van der Waals surface area contributed by atoms with E-state index in [1.165, 1.54) is 50.4 Å². The number of carbonyl (C=O) groups excluding carboxylic acids is 9. The van der Waals surface area contributed by atoms with E-state index < -0.39 is 183 Å². The second kappa shape index (κ2) is 40.2. The van der Waals surface area contributed by atoms with Gasteiger partial charge in [0.25, 0.3) is 11.8 Å². The van der Waals surface area contributed by atoms with Gasteiger partial charge < -0.3 is 141 Å². The van der Waals surface area contributed by atoms with Crippen LogP contribution in [0.3, 0.4) is 0 Å². The van der Waals surface area contributed by atoms with Gasteiger partial charge in [-0.15, -0.1) is 22.7 Å². The van der Waals surface area contributed by atoms with Gasteiger partial charge >= 0.3 is 6.09 Å². The van der Waals surface area contributed by atoms with Crippen molar-refractivity contribution in [2.24, 2.45) is 28.9 Å². The van der Waals surface area contributed by atoms with E-state index in [-0.39, 0.29) is 59.9 Å². The van der Waals surface area contributed by atoms with E-state index in [0.717, 1.165) is 31.9 Å². The Bertz CT molecular complexity index is 3470. The number of aromatic amines is 1. The average molecular weight is 1500 g/mol. The second-order valence-corrected chi connectivity index (χ2v) is 26.1. The third-order valence-electron chi connectivity index (χ3n) is 16.5. The molecule has 19 atom stereocenters. The molecule has 2 saturated heterocycles. The van der Waals surface area contributed by atoms with E-state index in [9.17, 15) is 79.2 Å². The van der Waals surface area contributed by atoms with Crippen LogP contribution in [0.4, 0.5) is 10.6 Å². The Labute approximate surface area is 597 Å². The van der Waals surface area contributed by atoms with E-state index in [2.05, 4.69) is 72.4 Å². The number of hydrogen-bond donors (Lipinski definition) is 22. The Morgan fingerprint density at radius 3 is 2.06 bits per heavy atom. The van der Waals surface area contributed by atoms with Crippen molar-refractivity contribution >= 4 is 81.8 Å². The summed E-state index contributed by atoms with van der Waals surface area (Å²) in [5.41, 5.74) is 28.0. The molecule has 4 aromatic heterocycles. The van der Waals surface area contributed by atoms with Crippen molar-refractivity contribution in [1.82, 2.24) is 72.4 Å². The molecule has 0 saturated carbocycles. The lowest BCUT2D eigenvalue weighted by atomic mass is 9.96. The molecular weight excluding hydrogens is 1400 g/mol. The molecule has 0 spiro atoms. The van der Waals surface area contributed by atoms with Crippen LogP contribution in [0.5, 0.6) is 0 Å². The van der Waals surface area contributed by atoms with Gasteiger partial charge in [0, 0.05) is 61.8 Å². The fraction of sp³-hybridized carbons (Fsp3) is 0.633. The standard InChI is InChI=1S/C60H93N19O22S2/c1-6-36(84)68-13-8-7-11-66-12-9-14-69-53(92)31-21-103-57(75-31)32-22-102-37(74-32)10-15-70-54(93)39(27(5)82)77-52(91)25(3)41(85)26(4)73-56(95)40(78-55(94)38-24(2)49(63)79-51(76-38)29(16-35(62)83)71-17-28(61)50(64)90)46(30-18-67-23-72-30)99-59-48(44(88)42(86)33(19-80)98-59)100-58-45(89)47(101-60(65)96)43(87)34(20-81)97-58/h18,21-23,25-29,33-34,39-48,58-59,66,71,80-82,85-89H,6-17,19-20,61H2,1-5H3,(H2,62,83)(H2,64,90)(H2,65,96)(H,67,72)(H,68,84)(H,69,92)(H,70,93)(H,73,95)(H,77,91)(H,78,94)(H2,63,76,79)/t25-,26+,27+,28-,29-,33-,34+,39-,40-,41-,42+,43+,44-,45-,46-,47-,48-,58+,59-/m0/s1. The van der Waals surface area contributed by atoms with Crippen LogP contribution >= 0.6 is 22.7 Å². The number of H-pyrrole nitrogens is 1. The van der Waals surface area contributed by atoms with Crippen LogP contribution in [0.2, 0.25) is 0 Å². The first kappa shape index (κ1) is 83.7. The number of nitrogen functional groups attached to an aromatic ring is 1. The van der Waals surface area contributed by atoms with Crippen molar-refractivity contribution in [3.05, 3.63) is 56.8 Å². The van der Waals surface area contributed by atoms with Gasteiger partial charge in [0.15, 0.2) is 18.7 Å². The summed E-state index contributed by atoms with van der Waals surface area (Å²) in [6.07, 6.45) is -22.3. The number of ether oxygens (including phenoxy) is 5. The first-order chi connectivity index (χ1) is 48.9. The summed E-state index contributed by atoms with van der Waals surface area (Å²) in [5, 5.41) is 114. The van der Waals surface area contributed by atoms with E-state index in [4.69, 9.17) is 52.4 Å². The number of anilines is 1. The van der Waals surface area contributed by atoms with Crippen LogP contribution in [-0.4, -0.2) is 274 Å². The van der Waals surface area contributed by atoms with Crippen LogP contribution in [0.15, 0.2) is 23.3 Å². The highest BCUT2D eigenvalue weighted by atomic mass is 32.1. The molecule has 9 amide bonds. The topological polar surface area (TPSA) is 668 Å². The number of primary amides is 3. The van der Waals surface area contributed by atoms with Crippen LogP contribution < -0.4 is 71.2 Å². The number of imidazole rings is 1. The van der Waals surface area contributed by atoms with Crippen LogP contribution in [-0.2, 0) is 58.9 Å². The summed E-state index contributed by atoms with van der Waals surface area (Å²) in [6.45, 7) is 6.91. The number of unbranched alkanes of at least 4 members (excludes halogenated alkanes) is 1. The van der Waals surface area contributed by atoms with Gasteiger partial charge in [0.2, 0.25) is 35.4 Å². The summed E-state index contributed by atoms with van der Waals surface area (Å²) in [7, 11) is 0. The van der Waals surface area contributed by atoms with E-state index >= 15 is 4.79 Å². The zero-order valence-corrected chi connectivity index (χ0v) is 58.5. The van der Waals surface area contributed by atoms with Crippen molar-refractivity contribution in [2.75, 3.05) is 58.2 Å². The zero-order valence-electron chi connectivity index (χ0n) is 56.9. The predicted octanol–water partition coefficient (Wildman–Crippen LogP) is -7.69. The monoisotopic (exact) mass is 1500 g/mol. The number of aromatic nitrogens is 6. The largest absolute Gasteiger partial charge is 0.441 e. The number of aliphatic hydroxyl groups is 8. The molecule has 0 bridgehead atoms. The molecule has 0 aromatic carbocycles. The van der Waals surface area contributed by atoms with Gasteiger partial charge in [-0.2, -0.15) is 0 Å². The minimum absolute atomic E-state index is 0.0195. The quantitative estimate of drug-likeness (QED) is 0.0184. The lowest BCUT2D eigenvalue weighted by Gasteiger charge is -2.47. The Morgan fingerprint density at radius 2 is 1.41 bits per heavy atom. The Morgan fingerprint density at radius 1 is 0.728 bits per heavy atom. The lowest BCUT2D eigenvalue weighted by Crippen LogP contribution is -2.65. The van der Waals surface area contributed by atoms with Crippen molar-refractivity contribution in [1.29, 1.82) is 0 Å². The highest BCUT2D eigenvalue weighted by molar-refractivity contribution is 7.14. The third kappa shape index (κ3) is 23.6. The molecule has 572 valence electrons. The van der Waals surface area contributed by atoms with Gasteiger partial charge in [0.1, 0.15) is 94.6 Å². The molecule has 41 nitrogen and oxygen atoms in total. The molecule has 43 heteroatoms. The Balaban J connectivity index is 1.19. The highest BCUT2D eigenvalue weighted by Crippen LogP contribution is 2.35. The molecule has 0 aliphatic carbocycles. The number of nitrogens with two attached hydrogens (primary N) is 5. The van der Waals surface area contributed by atoms with Gasteiger partial charge in [-0.3, -0.25) is 38.4 Å². The first-order valence-electron chi connectivity index (χ1n) is 32.8. The average Bonchev–Trinajstić information content (AvgIpc) is 1.68. The summed E-state index contributed by atoms with van der Waals surface area (Å²) in [6, 6.07) is -7.89. The number of nitrogens with zero attached hydrogens (tertiary/aromatic N) is 5.